The van der Waals surface area contributed by atoms with E-state index in [9.17, 15) is 0 Å². The Labute approximate surface area is 97.5 Å². The molecular formula is C13H22OS. The molecule has 0 aliphatic carbocycles. The van der Waals surface area contributed by atoms with Crippen LogP contribution in [0.25, 0.3) is 0 Å². The molecule has 2 heteroatoms. The fourth-order valence-electron chi connectivity index (χ4n) is 2.00. The molecule has 0 unspecified atom stereocenters. The molecule has 0 aliphatic rings. The van der Waals surface area contributed by atoms with Crippen LogP contribution in [-0.4, -0.2) is 7.11 Å². The van der Waals surface area contributed by atoms with Crippen LogP contribution in [0.3, 0.4) is 0 Å². The molecule has 0 aromatic carbocycles. The molecule has 86 valence electrons. The van der Waals surface area contributed by atoms with Gasteiger partial charge in [-0.3, -0.25) is 0 Å². The summed E-state index contributed by atoms with van der Waals surface area (Å²) in [5, 5.41) is 0. The molecule has 0 bridgehead atoms. The largest absolute Gasteiger partial charge is 0.495 e. The molecule has 0 saturated heterocycles. The van der Waals surface area contributed by atoms with E-state index in [-0.39, 0.29) is 0 Å². The first-order valence-corrected chi connectivity index (χ1v) is 6.65. The van der Waals surface area contributed by atoms with Gasteiger partial charge in [0, 0.05) is 15.3 Å². The second-order valence-corrected chi connectivity index (χ2v) is 5.47. The lowest BCUT2D eigenvalue weighted by Gasteiger charge is -2.05. The summed E-state index contributed by atoms with van der Waals surface area (Å²) in [7, 11) is 1.78. The van der Waals surface area contributed by atoms with Crippen molar-refractivity contribution in [1.82, 2.24) is 0 Å². The van der Waals surface area contributed by atoms with Gasteiger partial charge in [0.05, 0.1) is 7.11 Å². The number of thiophene rings is 1. The first-order valence-electron chi connectivity index (χ1n) is 5.83. The molecule has 0 saturated carbocycles. The highest BCUT2D eigenvalue weighted by atomic mass is 32.1. The third-order valence-corrected chi connectivity index (χ3v) is 3.85. The maximum absolute atomic E-state index is 5.46. The highest BCUT2D eigenvalue weighted by Crippen LogP contribution is 2.35. The van der Waals surface area contributed by atoms with E-state index < -0.39 is 0 Å². The van der Waals surface area contributed by atoms with Crippen molar-refractivity contribution in [3.63, 3.8) is 0 Å². The SMILES string of the molecule is CCCCCCc1c(C)sc(C)c1OC. The number of hydrogen-bond acceptors (Lipinski definition) is 2. The zero-order valence-corrected chi connectivity index (χ0v) is 11.2. The predicted octanol–water partition coefficient (Wildman–Crippen LogP) is 4.50. The van der Waals surface area contributed by atoms with Gasteiger partial charge in [0.15, 0.2) is 0 Å². The molecule has 1 aromatic rings. The summed E-state index contributed by atoms with van der Waals surface area (Å²) < 4.78 is 5.46. The summed E-state index contributed by atoms with van der Waals surface area (Å²) in [5.74, 6) is 1.13. The Morgan fingerprint density at radius 3 is 2.40 bits per heavy atom. The summed E-state index contributed by atoms with van der Waals surface area (Å²) in [6, 6.07) is 0. The fraction of sp³-hybridized carbons (Fsp3) is 0.692. The zero-order valence-electron chi connectivity index (χ0n) is 10.4. The second-order valence-electron chi connectivity index (χ2n) is 4.04. The molecule has 0 fully saturated rings. The maximum Gasteiger partial charge on any atom is 0.135 e. The molecule has 1 rings (SSSR count). The van der Waals surface area contributed by atoms with Gasteiger partial charge in [-0.05, 0) is 26.7 Å². The topological polar surface area (TPSA) is 9.23 Å². The number of ether oxygens (including phenoxy) is 1. The Balaban J connectivity index is 2.59. The minimum atomic E-state index is 1.13. The number of methoxy groups -OCH3 is 1. The summed E-state index contributed by atoms with van der Waals surface area (Å²) in [6.07, 6.45) is 6.47. The molecule has 0 aliphatic heterocycles. The van der Waals surface area contributed by atoms with Gasteiger partial charge in [0.1, 0.15) is 5.75 Å². The normalized spacial score (nSPS) is 10.7. The van der Waals surface area contributed by atoms with Crippen LogP contribution in [0.5, 0.6) is 5.75 Å². The van der Waals surface area contributed by atoms with E-state index in [1.807, 2.05) is 11.3 Å². The third kappa shape index (κ3) is 3.23. The van der Waals surface area contributed by atoms with Gasteiger partial charge >= 0.3 is 0 Å². The van der Waals surface area contributed by atoms with Crippen molar-refractivity contribution in [3.8, 4) is 5.75 Å². The van der Waals surface area contributed by atoms with Crippen LogP contribution in [0.1, 0.15) is 47.9 Å². The molecule has 0 radical (unpaired) electrons. The molecule has 0 N–H and O–H groups in total. The zero-order chi connectivity index (χ0) is 11.3. The number of aryl methyl sites for hydroxylation is 2. The number of unbranched alkanes of at least 4 members (excludes halogenated alkanes) is 3. The van der Waals surface area contributed by atoms with Crippen molar-refractivity contribution in [2.45, 2.75) is 52.9 Å². The van der Waals surface area contributed by atoms with Crippen LogP contribution in [0.4, 0.5) is 0 Å². The van der Waals surface area contributed by atoms with Gasteiger partial charge in [0.25, 0.3) is 0 Å². The minimum absolute atomic E-state index is 1.13. The minimum Gasteiger partial charge on any atom is -0.495 e. The predicted molar refractivity (Wildman–Crippen MR) is 68.2 cm³/mol. The molecule has 0 spiro atoms. The van der Waals surface area contributed by atoms with Gasteiger partial charge in [-0.1, -0.05) is 26.2 Å². The Hall–Kier alpha value is -0.500. The monoisotopic (exact) mass is 226 g/mol. The standard InChI is InChI=1S/C13H22OS/c1-5-6-7-8-9-12-10(2)15-11(3)13(12)14-4/h5-9H2,1-4H3. The van der Waals surface area contributed by atoms with E-state index in [0.717, 1.165) is 5.75 Å². The molecule has 1 aromatic heterocycles. The van der Waals surface area contributed by atoms with Crippen LogP contribution in [-0.2, 0) is 6.42 Å². The highest BCUT2D eigenvalue weighted by molar-refractivity contribution is 7.12. The van der Waals surface area contributed by atoms with E-state index in [0.29, 0.717) is 0 Å². The second kappa shape index (κ2) is 6.16. The Bertz CT molecular complexity index is 302. The van der Waals surface area contributed by atoms with Crippen molar-refractivity contribution in [2.24, 2.45) is 0 Å². The van der Waals surface area contributed by atoms with E-state index in [4.69, 9.17) is 4.74 Å². The van der Waals surface area contributed by atoms with Gasteiger partial charge in [-0.2, -0.15) is 0 Å². The summed E-state index contributed by atoms with van der Waals surface area (Å²) in [6.45, 7) is 6.60. The van der Waals surface area contributed by atoms with Crippen molar-refractivity contribution in [2.75, 3.05) is 7.11 Å². The molecule has 1 heterocycles. The van der Waals surface area contributed by atoms with Crippen molar-refractivity contribution < 1.29 is 4.74 Å². The number of hydrogen-bond donors (Lipinski definition) is 0. The van der Waals surface area contributed by atoms with Crippen molar-refractivity contribution in [3.05, 3.63) is 15.3 Å². The Morgan fingerprint density at radius 2 is 1.80 bits per heavy atom. The van der Waals surface area contributed by atoms with E-state index in [2.05, 4.69) is 20.8 Å². The average molecular weight is 226 g/mol. The number of rotatable bonds is 6. The van der Waals surface area contributed by atoms with Crippen LogP contribution >= 0.6 is 11.3 Å². The summed E-state index contributed by atoms with van der Waals surface area (Å²) >= 11 is 1.86. The van der Waals surface area contributed by atoms with Gasteiger partial charge in [-0.25, -0.2) is 0 Å². The molecule has 1 nitrogen and oxygen atoms in total. The smallest absolute Gasteiger partial charge is 0.135 e. The van der Waals surface area contributed by atoms with Crippen LogP contribution < -0.4 is 4.74 Å². The van der Waals surface area contributed by atoms with E-state index >= 15 is 0 Å². The summed E-state index contributed by atoms with van der Waals surface area (Å²) in [4.78, 5) is 2.75. The van der Waals surface area contributed by atoms with Gasteiger partial charge in [0.2, 0.25) is 0 Å². The lowest BCUT2D eigenvalue weighted by atomic mass is 10.1. The first kappa shape index (κ1) is 12.6. The molecular weight excluding hydrogens is 204 g/mol. The molecule has 0 atom stereocenters. The van der Waals surface area contributed by atoms with Crippen LogP contribution in [0, 0.1) is 13.8 Å². The van der Waals surface area contributed by atoms with E-state index in [1.165, 1.54) is 47.4 Å². The highest BCUT2D eigenvalue weighted by Gasteiger charge is 2.12. The van der Waals surface area contributed by atoms with Crippen molar-refractivity contribution in [1.29, 1.82) is 0 Å². The maximum atomic E-state index is 5.46. The lowest BCUT2D eigenvalue weighted by Crippen LogP contribution is -1.91. The van der Waals surface area contributed by atoms with Gasteiger partial charge < -0.3 is 4.74 Å². The van der Waals surface area contributed by atoms with Crippen LogP contribution in [0.15, 0.2) is 0 Å². The van der Waals surface area contributed by atoms with Crippen molar-refractivity contribution >= 4 is 11.3 Å². The first-order chi connectivity index (χ1) is 7.20. The van der Waals surface area contributed by atoms with E-state index in [1.54, 1.807) is 7.11 Å². The average Bonchev–Trinajstić information content (AvgIpc) is 2.48. The summed E-state index contributed by atoms with van der Waals surface area (Å²) in [5.41, 5.74) is 1.44. The molecule has 0 amide bonds. The lowest BCUT2D eigenvalue weighted by molar-refractivity contribution is 0.408. The van der Waals surface area contributed by atoms with Crippen LogP contribution in [0.2, 0.25) is 0 Å². The Kier molecular flexibility index (Phi) is 5.16. The Morgan fingerprint density at radius 1 is 1.07 bits per heavy atom. The third-order valence-electron chi connectivity index (χ3n) is 2.81. The molecule has 15 heavy (non-hydrogen) atoms. The quantitative estimate of drug-likeness (QED) is 0.649. The fourth-order valence-corrected chi connectivity index (χ4v) is 3.07. The van der Waals surface area contributed by atoms with Gasteiger partial charge in [-0.15, -0.1) is 11.3 Å².